The van der Waals surface area contributed by atoms with Crippen molar-refractivity contribution in [1.82, 2.24) is 0 Å². The molecule has 0 saturated carbocycles. The highest BCUT2D eigenvalue weighted by Crippen LogP contribution is 2.14. The lowest BCUT2D eigenvalue weighted by Crippen LogP contribution is -2.26. The van der Waals surface area contributed by atoms with E-state index >= 15 is 0 Å². The fraction of sp³-hybridized carbons (Fsp3) is 0.417. The molecule has 0 radical (unpaired) electrons. The maximum atomic E-state index is 13.2. The molecule has 1 unspecified atom stereocenters. The van der Waals surface area contributed by atoms with Crippen LogP contribution in [0.2, 0.25) is 0 Å². The first-order chi connectivity index (χ1) is 7.50. The molecule has 0 bridgehead atoms. The van der Waals surface area contributed by atoms with Gasteiger partial charge in [-0.2, -0.15) is 0 Å². The number of hydrogen-bond acceptors (Lipinski definition) is 3. The van der Waals surface area contributed by atoms with Crippen molar-refractivity contribution in [2.75, 3.05) is 0 Å². The molecule has 3 nitrogen and oxygen atoms in total. The number of halogens is 1. The summed E-state index contributed by atoms with van der Waals surface area (Å²) in [7, 11) is 0. The zero-order chi connectivity index (χ0) is 12.1. The smallest absolute Gasteiger partial charge is 0.304 e. The van der Waals surface area contributed by atoms with Crippen molar-refractivity contribution in [2.45, 2.75) is 32.9 Å². The average molecular weight is 225 g/mol. The summed E-state index contributed by atoms with van der Waals surface area (Å²) in [5.74, 6) is -0.623. The van der Waals surface area contributed by atoms with Crippen molar-refractivity contribution in [3.8, 4) is 0 Å². The third kappa shape index (κ3) is 3.62. The number of ether oxygens (including phenoxy) is 1. The summed E-state index contributed by atoms with van der Waals surface area (Å²) < 4.78 is 18.0. The van der Waals surface area contributed by atoms with Crippen LogP contribution in [0.5, 0.6) is 0 Å². The zero-order valence-electron chi connectivity index (χ0n) is 9.50. The molecule has 0 amide bonds. The Morgan fingerprint density at radius 1 is 1.56 bits per heavy atom. The van der Waals surface area contributed by atoms with Gasteiger partial charge in [0.15, 0.2) is 6.23 Å². The fourth-order valence-electron chi connectivity index (χ4n) is 1.49. The number of carbonyl (C=O) groups is 1. The average Bonchev–Trinajstić information content (AvgIpc) is 2.19. The molecule has 0 aliphatic rings. The molecule has 0 aliphatic carbocycles. The number of hydrogen-bond donors (Lipinski definition) is 1. The van der Waals surface area contributed by atoms with Crippen LogP contribution in [-0.2, 0) is 16.0 Å². The highest BCUT2D eigenvalue weighted by molar-refractivity contribution is 5.66. The lowest BCUT2D eigenvalue weighted by atomic mass is 10.0. The summed E-state index contributed by atoms with van der Waals surface area (Å²) in [6.07, 6.45) is 0.460. The van der Waals surface area contributed by atoms with Gasteiger partial charge in [-0.05, 0) is 30.5 Å². The predicted molar refractivity (Wildman–Crippen MR) is 59.2 cm³/mol. The van der Waals surface area contributed by atoms with Crippen LogP contribution in [0, 0.1) is 12.7 Å². The minimum absolute atomic E-state index is 0.224. The van der Waals surface area contributed by atoms with E-state index < -0.39 is 12.2 Å². The van der Waals surface area contributed by atoms with E-state index in [4.69, 9.17) is 10.5 Å². The number of nitrogens with two attached hydrogens (primary N) is 1. The fourth-order valence-corrected chi connectivity index (χ4v) is 1.49. The predicted octanol–water partition coefficient (Wildman–Crippen LogP) is 1.91. The summed E-state index contributed by atoms with van der Waals surface area (Å²) in [6.45, 7) is 3.04. The molecule has 16 heavy (non-hydrogen) atoms. The van der Waals surface area contributed by atoms with Crippen LogP contribution >= 0.6 is 0 Å². The van der Waals surface area contributed by atoms with Gasteiger partial charge in [0, 0.05) is 13.3 Å². The summed E-state index contributed by atoms with van der Waals surface area (Å²) in [4.78, 5) is 10.6. The zero-order valence-corrected chi connectivity index (χ0v) is 9.50. The maximum Gasteiger partial charge on any atom is 0.304 e. The van der Waals surface area contributed by atoms with E-state index in [1.807, 2.05) is 6.07 Å². The van der Waals surface area contributed by atoms with Gasteiger partial charge in [-0.1, -0.05) is 12.1 Å². The third-order valence-electron chi connectivity index (χ3n) is 2.40. The summed E-state index contributed by atoms with van der Waals surface area (Å²) in [5.41, 5.74) is 7.09. The lowest BCUT2D eigenvalue weighted by molar-refractivity contribution is -0.146. The van der Waals surface area contributed by atoms with E-state index in [1.165, 1.54) is 13.0 Å². The molecule has 1 atom stereocenters. The van der Waals surface area contributed by atoms with Gasteiger partial charge in [0.05, 0.1) is 0 Å². The second-order valence-corrected chi connectivity index (χ2v) is 3.71. The van der Waals surface area contributed by atoms with Gasteiger partial charge in [-0.15, -0.1) is 0 Å². The van der Waals surface area contributed by atoms with Gasteiger partial charge in [0.1, 0.15) is 5.82 Å². The Hall–Kier alpha value is -1.42. The van der Waals surface area contributed by atoms with Crippen LogP contribution < -0.4 is 5.73 Å². The molecule has 0 saturated heterocycles. The lowest BCUT2D eigenvalue weighted by Gasteiger charge is -2.12. The Morgan fingerprint density at radius 3 is 2.88 bits per heavy atom. The molecule has 0 fully saturated rings. The second-order valence-electron chi connectivity index (χ2n) is 3.71. The van der Waals surface area contributed by atoms with Crippen LogP contribution in [0.25, 0.3) is 0 Å². The monoisotopic (exact) mass is 225 g/mol. The van der Waals surface area contributed by atoms with Crippen molar-refractivity contribution in [1.29, 1.82) is 0 Å². The van der Waals surface area contributed by atoms with Gasteiger partial charge in [0.2, 0.25) is 0 Å². The van der Waals surface area contributed by atoms with E-state index in [2.05, 4.69) is 0 Å². The van der Waals surface area contributed by atoms with Crippen molar-refractivity contribution in [2.24, 2.45) is 5.73 Å². The summed E-state index contributed by atoms with van der Waals surface area (Å²) in [6, 6.07) is 4.93. The van der Waals surface area contributed by atoms with Crippen LogP contribution in [0.1, 0.15) is 24.5 Å². The largest absolute Gasteiger partial charge is 0.447 e. The van der Waals surface area contributed by atoms with Gasteiger partial charge in [-0.3, -0.25) is 10.5 Å². The Morgan fingerprint density at radius 2 is 2.25 bits per heavy atom. The quantitative estimate of drug-likeness (QED) is 0.629. The van der Waals surface area contributed by atoms with E-state index in [1.54, 1.807) is 13.0 Å². The number of benzene rings is 1. The molecular weight excluding hydrogens is 209 g/mol. The minimum atomic E-state index is -0.625. The molecule has 88 valence electrons. The van der Waals surface area contributed by atoms with Crippen molar-refractivity contribution < 1.29 is 13.9 Å². The van der Waals surface area contributed by atoms with Gasteiger partial charge in [0.25, 0.3) is 0 Å². The first-order valence-electron chi connectivity index (χ1n) is 5.17. The third-order valence-corrected chi connectivity index (χ3v) is 2.40. The molecule has 0 heterocycles. The van der Waals surface area contributed by atoms with E-state index in [9.17, 15) is 9.18 Å². The molecule has 0 spiro atoms. The maximum absolute atomic E-state index is 13.2. The van der Waals surface area contributed by atoms with Crippen molar-refractivity contribution in [3.63, 3.8) is 0 Å². The number of esters is 1. The van der Waals surface area contributed by atoms with Crippen LogP contribution in [0.4, 0.5) is 4.39 Å². The first-order valence-corrected chi connectivity index (χ1v) is 5.17. The Balaban J connectivity index is 2.54. The van der Waals surface area contributed by atoms with Gasteiger partial charge in [-0.25, -0.2) is 4.39 Å². The van der Waals surface area contributed by atoms with Crippen LogP contribution in [0.3, 0.4) is 0 Å². The Bertz CT molecular complexity index is 379. The van der Waals surface area contributed by atoms with Gasteiger partial charge >= 0.3 is 5.97 Å². The first kappa shape index (κ1) is 12.6. The number of carbonyl (C=O) groups excluding carboxylic acids is 1. The molecule has 1 aromatic carbocycles. The molecule has 4 heteroatoms. The highest BCUT2D eigenvalue weighted by atomic mass is 19.1. The second kappa shape index (κ2) is 5.61. The van der Waals surface area contributed by atoms with E-state index in [0.717, 1.165) is 5.56 Å². The normalized spacial score (nSPS) is 12.2. The Labute approximate surface area is 94.4 Å². The molecule has 1 aromatic rings. The Kier molecular flexibility index (Phi) is 4.43. The highest BCUT2D eigenvalue weighted by Gasteiger charge is 2.08. The molecule has 1 rings (SSSR count). The summed E-state index contributed by atoms with van der Waals surface area (Å²) in [5, 5.41) is 0. The van der Waals surface area contributed by atoms with Crippen molar-refractivity contribution in [3.05, 3.63) is 35.1 Å². The molecule has 0 aliphatic heterocycles. The topological polar surface area (TPSA) is 52.3 Å². The van der Waals surface area contributed by atoms with E-state index in [0.29, 0.717) is 18.4 Å². The molecular formula is C12H16FNO2. The number of rotatable bonds is 4. The minimum Gasteiger partial charge on any atom is -0.447 e. The standard InChI is InChI=1S/C12H16FNO2/c1-8-10(4-3-5-11(8)13)6-7-12(14)16-9(2)15/h3-5,12H,6-7,14H2,1-2H3. The SMILES string of the molecule is CC(=O)OC(N)CCc1cccc(F)c1C. The summed E-state index contributed by atoms with van der Waals surface area (Å²) >= 11 is 0. The van der Waals surface area contributed by atoms with Crippen LogP contribution in [-0.4, -0.2) is 12.2 Å². The van der Waals surface area contributed by atoms with Crippen molar-refractivity contribution >= 4 is 5.97 Å². The van der Waals surface area contributed by atoms with E-state index in [-0.39, 0.29) is 5.82 Å². The van der Waals surface area contributed by atoms with Gasteiger partial charge < -0.3 is 4.74 Å². The molecule has 2 N–H and O–H groups in total. The molecule has 0 aromatic heterocycles. The number of aryl methyl sites for hydroxylation is 1. The van der Waals surface area contributed by atoms with Crippen LogP contribution in [0.15, 0.2) is 18.2 Å².